The molecule has 2 aliphatic carbocycles. The van der Waals surface area contributed by atoms with Crippen molar-refractivity contribution in [3.63, 3.8) is 0 Å². The van der Waals surface area contributed by atoms with Crippen molar-refractivity contribution in [2.45, 2.75) is 141 Å². The largest absolute Gasteiger partial charge is 0.444 e. The number of ether oxygens (including phenoxy) is 3. The number of rotatable bonds is 17. The molecule has 420 valence electrons. The van der Waals surface area contributed by atoms with Crippen molar-refractivity contribution < 1.29 is 46.5 Å². The third-order valence-electron chi connectivity index (χ3n) is 14.0. The van der Waals surface area contributed by atoms with E-state index < -0.39 is 58.8 Å². The van der Waals surface area contributed by atoms with E-state index in [2.05, 4.69) is 90.2 Å². The standard InChI is InChI=1S/C30H38F2N4O3.C15H19F2NO3.C15H19N3/c1-19(2)25-17-30(25,21-8-6-9-24(15-21)36-11-7-10-34-36)33-18-27(37)26(35-28(38)39-29(3,4)5)14-20-12-22(31)16-23(32)13-20;1-15(2,3)21-14(19)18-12(13-8-20-13)6-9-4-10(16)7-11(17)5-9;1-11(2)14-10-15(14,16)12-5-3-6-13(9-12)18-8-4-7-17-18/h6-13,15-16,19,25-27,33,37H,14,17-18H2,1-5H3,(H,35,38);4-5,7,12-13H,6,8H2,1-3H3,(H,18,19);3-9,11,14H,10,16H2,1-2H3. The molecule has 1 aliphatic heterocycles. The van der Waals surface area contributed by atoms with Gasteiger partial charge in [-0.2, -0.15) is 10.2 Å². The van der Waals surface area contributed by atoms with Crippen LogP contribution in [-0.4, -0.2) is 85.5 Å². The summed E-state index contributed by atoms with van der Waals surface area (Å²) in [6.45, 7) is 20.0. The smallest absolute Gasteiger partial charge is 0.407 e. The number of hydrogen-bond donors (Lipinski definition) is 5. The molecular formula is C60H76F4N8O6. The van der Waals surface area contributed by atoms with Gasteiger partial charge in [0.25, 0.3) is 0 Å². The number of aromatic nitrogens is 4. The summed E-state index contributed by atoms with van der Waals surface area (Å²) in [5.41, 5.74) is 9.78. The molecule has 9 rings (SSSR count). The summed E-state index contributed by atoms with van der Waals surface area (Å²) in [5.74, 6) is -0.741. The minimum absolute atomic E-state index is 0.0200. The predicted molar refractivity (Wildman–Crippen MR) is 291 cm³/mol. The van der Waals surface area contributed by atoms with Gasteiger partial charge in [0.15, 0.2) is 0 Å². The summed E-state index contributed by atoms with van der Waals surface area (Å²) in [6.07, 6.45) is 7.14. The SMILES string of the molecule is CC(C)(C)OC(=O)NC(Cc1cc(F)cc(F)c1)C1CO1.CC(C)C1CC1(N)c1cccc(-n2cccn2)c1.CC(C)C1CC1(NCC(O)C(Cc1cc(F)cc(F)c1)NC(=O)OC(C)(C)C)c1cccc(-n2cccn2)c1. The fourth-order valence-electron chi connectivity index (χ4n) is 10.1. The summed E-state index contributed by atoms with van der Waals surface area (Å²) in [5, 5.41) is 28.9. The van der Waals surface area contributed by atoms with Crippen LogP contribution in [0.4, 0.5) is 27.2 Å². The first-order chi connectivity index (χ1) is 36.7. The second-order valence-corrected chi connectivity index (χ2v) is 23.4. The van der Waals surface area contributed by atoms with Gasteiger partial charge in [0.05, 0.1) is 36.2 Å². The maximum atomic E-state index is 13.9. The summed E-state index contributed by atoms with van der Waals surface area (Å²) in [6, 6.07) is 25.6. The lowest BCUT2D eigenvalue weighted by Gasteiger charge is -2.29. The number of nitrogens with one attached hydrogen (secondary N) is 3. The minimum atomic E-state index is -1.07. The van der Waals surface area contributed by atoms with Gasteiger partial charge in [0, 0.05) is 54.5 Å². The number of aliphatic hydroxyl groups excluding tert-OH is 1. The second kappa shape index (κ2) is 24.6. The van der Waals surface area contributed by atoms with Crippen molar-refractivity contribution in [3.05, 3.63) is 167 Å². The van der Waals surface area contributed by atoms with Crippen molar-refractivity contribution in [1.29, 1.82) is 0 Å². The van der Waals surface area contributed by atoms with Crippen LogP contribution in [0.5, 0.6) is 0 Å². The van der Waals surface area contributed by atoms with Crippen LogP contribution in [0.15, 0.2) is 122 Å². The number of alkyl carbamates (subject to hydrolysis) is 2. The van der Waals surface area contributed by atoms with E-state index in [-0.39, 0.29) is 42.6 Å². The zero-order chi connectivity index (χ0) is 56.7. The molecule has 2 aromatic heterocycles. The highest BCUT2D eigenvalue weighted by Crippen LogP contribution is 2.56. The predicted octanol–water partition coefficient (Wildman–Crippen LogP) is 10.6. The molecule has 4 aromatic carbocycles. The Bertz CT molecular complexity index is 2900. The lowest BCUT2D eigenvalue weighted by Crippen LogP contribution is -2.51. The summed E-state index contributed by atoms with van der Waals surface area (Å²) in [7, 11) is 0. The Labute approximate surface area is 455 Å². The Kier molecular flexibility index (Phi) is 18.6. The van der Waals surface area contributed by atoms with Crippen LogP contribution in [0.25, 0.3) is 11.4 Å². The molecule has 3 aliphatic rings. The fourth-order valence-corrected chi connectivity index (χ4v) is 10.1. The summed E-state index contributed by atoms with van der Waals surface area (Å²) < 4.78 is 73.6. The van der Waals surface area contributed by atoms with Crippen molar-refractivity contribution in [1.82, 2.24) is 35.5 Å². The number of hydrogen-bond acceptors (Lipinski definition) is 10. The molecule has 3 heterocycles. The van der Waals surface area contributed by atoms with E-state index >= 15 is 0 Å². The van der Waals surface area contributed by atoms with Gasteiger partial charge in [0.2, 0.25) is 0 Å². The van der Waals surface area contributed by atoms with Crippen LogP contribution in [0.3, 0.4) is 0 Å². The molecule has 18 heteroatoms. The minimum Gasteiger partial charge on any atom is -0.444 e. The molecule has 8 unspecified atom stereocenters. The zero-order valence-electron chi connectivity index (χ0n) is 46.3. The third-order valence-corrected chi connectivity index (χ3v) is 14.0. The number of halogens is 4. The van der Waals surface area contributed by atoms with Gasteiger partial charge in [-0.3, -0.25) is 0 Å². The first-order valence-corrected chi connectivity index (χ1v) is 26.6. The van der Waals surface area contributed by atoms with Crippen molar-refractivity contribution >= 4 is 12.2 Å². The molecule has 2 saturated carbocycles. The number of carbonyl (C=O) groups is 2. The van der Waals surface area contributed by atoms with Gasteiger partial charge >= 0.3 is 12.2 Å². The molecule has 2 amide bonds. The maximum absolute atomic E-state index is 13.9. The molecule has 0 radical (unpaired) electrons. The Morgan fingerprint density at radius 2 is 1.17 bits per heavy atom. The van der Waals surface area contributed by atoms with E-state index in [0.717, 1.165) is 41.9 Å². The average molecular weight is 1080 g/mol. The monoisotopic (exact) mass is 1080 g/mol. The van der Waals surface area contributed by atoms with E-state index in [4.69, 9.17) is 19.9 Å². The van der Waals surface area contributed by atoms with Crippen molar-refractivity contribution in [2.75, 3.05) is 13.2 Å². The average Bonchev–Trinajstić information content (AvgIpc) is 4.48. The number of amides is 2. The molecular weight excluding hydrogens is 1000 g/mol. The third kappa shape index (κ3) is 16.5. The molecule has 14 nitrogen and oxygen atoms in total. The van der Waals surface area contributed by atoms with E-state index in [0.29, 0.717) is 41.4 Å². The van der Waals surface area contributed by atoms with E-state index in [1.807, 2.05) is 41.3 Å². The quantitative estimate of drug-likeness (QED) is 0.0435. The molecule has 8 atom stereocenters. The van der Waals surface area contributed by atoms with Crippen LogP contribution in [0.1, 0.15) is 104 Å². The number of carbonyl (C=O) groups excluding carboxylic acids is 2. The highest BCUT2D eigenvalue weighted by Gasteiger charge is 2.56. The van der Waals surface area contributed by atoms with E-state index in [9.17, 15) is 32.3 Å². The van der Waals surface area contributed by atoms with Gasteiger partial charge in [-0.15, -0.1) is 0 Å². The first-order valence-electron chi connectivity index (χ1n) is 26.6. The highest BCUT2D eigenvalue weighted by molar-refractivity contribution is 5.68. The molecule has 0 spiro atoms. The van der Waals surface area contributed by atoms with Gasteiger partial charge in [-0.25, -0.2) is 36.5 Å². The van der Waals surface area contributed by atoms with Gasteiger partial charge in [-0.1, -0.05) is 52.0 Å². The molecule has 6 aromatic rings. The van der Waals surface area contributed by atoms with Gasteiger partial charge in [0.1, 0.15) is 40.6 Å². The second-order valence-electron chi connectivity index (χ2n) is 23.4. The van der Waals surface area contributed by atoms with Crippen LogP contribution in [-0.2, 0) is 38.1 Å². The first kappa shape index (κ1) is 59.1. The highest BCUT2D eigenvalue weighted by atomic mass is 19.1. The summed E-state index contributed by atoms with van der Waals surface area (Å²) >= 11 is 0. The number of epoxide rings is 1. The zero-order valence-corrected chi connectivity index (χ0v) is 46.3. The number of benzene rings is 4. The van der Waals surface area contributed by atoms with Crippen molar-refractivity contribution in [2.24, 2.45) is 29.4 Å². The molecule has 78 heavy (non-hydrogen) atoms. The van der Waals surface area contributed by atoms with Crippen LogP contribution in [0.2, 0.25) is 0 Å². The number of aliphatic hydroxyl groups is 1. The molecule has 6 N–H and O–H groups in total. The van der Waals surface area contributed by atoms with Crippen LogP contribution >= 0.6 is 0 Å². The Morgan fingerprint density at radius 1 is 0.692 bits per heavy atom. The van der Waals surface area contributed by atoms with Crippen LogP contribution in [0, 0.1) is 46.9 Å². The Morgan fingerprint density at radius 3 is 1.60 bits per heavy atom. The van der Waals surface area contributed by atoms with Gasteiger partial charge in [-0.05, 0) is 174 Å². The lowest BCUT2D eigenvalue weighted by atomic mass is 9.95. The number of nitrogens with two attached hydrogens (primary N) is 1. The molecule has 1 saturated heterocycles. The topological polar surface area (TPSA) is 183 Å². The number of nitrogens with zero attached hydrogens (tertiary/aromatic N) is 4. The fraction of sp³-hybridized carbons (Fsp3) is 0.467. The summed E-state index contributed by atoms with van der Waals surface area (Å²) in [4.78, 5) is 24.4. The van der Waals surface area contributed by atoms with Crippen molar-refractivity contribution in [3.8, 4) is 11.4 Å². The normalized spacial score (nSPS) is 21.5. The Balaban J connectivity index is 0.000000189. The van der Waals surface area contributed by atoms with Gasteiger partial charge < -0.3 is 41.0 Å². The Hall–Kier alpha value is -6.60. The van der Waals surface area contributed by atoms with Crippen LogP contribution < -0.4 is 21.7 Å². The molecule has 0 bridgehead atoms. The molecule has 3 fully saturated rings. The van der Waals surface area contributed by atoms with E-state index in [1.54, 1.807) is 58.6 Å². The van der Waals surface area contributed by atoms with E-state index in [1.165, 1.54) is 29.8 Å². The maximum Gasteiger partial charge on any atom is 0.407 e. The lowest BCUT2D eigenvalue weighted by molar-refractivity contribution is 0.0416.